The number of benzene rings is 1. The van der Waals surface area contributed by atoms with Crippen LogP contribution in [0.15, 0.2) is 30.3 Å². The van der Waals surface area contributed by atoms with Crippen LogP contribution in [0.25, 0.3) is 0 Å². The molecule has 1 saturated carbocycles. The zero-order valence-corrected chi connectivity index (χ0v) is 12.4. The zero-order valence-electron chi connectivity index (χ0n) is 12.4. The van der Waals surface area contributed by atoms with E-state index in [4.69, 9.17) is 0 Å². The monoisotopic (exact) mass is 286 g/mol. The molecule has 1 aromatic carbocycles. The Morgan fingerprint density at radius 2 is 1.90 bits per heavy atom. The Morgan fingerprint density at radius 3 is 2.52 bits per heavy atom. The minimum absolute atomic E-state index is 0.0303. The van der Waals surface area contributed by atoms with Crippen LogP contribution in [0.2, 0.25) is 0 Å². The Morgan fingerprint density at radius 1 is 1.19 bits per heavy atom. The first kappa shape index (κ1) is 14.1. The largest absolute Gasteiger partial charge is 0.342 e. The van der Waals surface area contributed by atoms with Gasteiger partial charge in [0.15, 0.2) is 0 Å². The molecule has 1 aliphatic heterocycles. The molecular weight excluding hydrogens is 264 g/mol. The lowest BCUT2D eigenvalue weighted by atomic mass is 9.82. The lowest BCUT2D eigenvalue weighted by Gasteiger charge is -2.39. The number of carbonyl (C=O) groups excluding carboxylic acids is 2. The highest BCUT2D eigenvalue weighted by molar-refractivity contribution is 5.97. The Balaban J connectivity index is 1.81. The molecule has 0 bridgehead atoms. The summed E-state index contributed by atoms with van der Waals surface area (Å²) in [6.45, 7) is 2.44. The summed E-state index contributed by atoms with van der Waals surface area (Å²) < 4.78 is 0. The van der Waals surface area contributed by atoms with Crippen LogP contribution in [0.1, 0.15) is 44.2 Å². The molecule has 2 amide bonds. The van der Waals surface area contributed by atoms with Gasteiger partial charge in [0.1, 0.15) is 12.1 Å². The fourth-order valence-corrected chi connectivity index (χ4v) is 3.18. The van der Waals surface area contributed by atoms with Crippen LogP contribution in [0.3, 0.4) is 0 Å². The summed E-state index contributed by atoms with van der Waals surface area (Å²) in [7, 11) is 0. The van der Waals surface area contributed by atoms with E-state index in [2.05, 4.69) is 5.32 Å². The van der Waals surface area contributed by atoms with Crippen molar-refractivity contribution in [3.8, 4) is 0 Å². The van der Waals surface area contributed by atoms with Gasteiger partial charge in [-0.2, -0.15) is 0 Å². The third-order valence-corrected chi connectivity index (χ3v) is 4.69. The van der Waals surface area contributed by atoms with Crippen LogP contribution >= 0.6 is 0 Å². The first-order valence-corrected chi connectivity index (χ1v) is 7.82. The second-order valence-electron chi connectivity index (χ2n) is 6.16. The molecule has 4 nitrogen and oxygen atoms in total. The molecule has 1 saturated heterocycles. The van der Waals surface area contributed by atoms with Crippen LogP contribution in [-0.4, -0.2) is 29.3 Å². The van der Waals surface area contributed by atoms with E-state index in [0.29, 0.717) is 6.54 Å². The molecule has 2 atom stereocenters. The Bertz CT molecular complexity index is 525. The predicted octanol–water partition coefficient (Wildman–Crippen LogP) is 2.26. The van der Waals surface area contributed by atoms with Crippen molar-refractivity contribution in [2.24, 2.45) is 5.92 Å². The molecule has 0 aromatic heterocycles. The molecule has 1 aliphatic carbocycles. The Hall–Kier alpha value is -1.84. The smallest absolute Gasteiger partial charge is 0.248 e. The highest BCUT2D eigenvalue weighted by Crippen LogP contribution is 2.32. The van der Waals surface area contributed by atoms with Gasteiger partial charge < -0.3 is 10.2 Å². The second-order valence-corrected chi connectivity index (χ2v) is 6.16. The quantitative estimate of drug-likeness (QED) is 0.923. The van der Waals surface area contributed by atoms with Gasteiger partial charge in [-0.25, -0.2) is 0 Å². The molecule has 1 N–H and O–H groups in total. The van der Waals surface area contributed by atoms with Gasteiger partial charge in [-0.1, -0.05) is 49.6 Å². The van der Waals surface area contributed by atoms with Gasteiger partial charge in [0.05, 0.1) is 0 Å². The normalized spacial score (nSPS) is 26.4. The summed E-state index contributed by atoms with van der Waals surface area (Å²) in [6, 6.07) is 8.69. The van der Waals surface area contributed by atoms with Crippen molar-refractivity contribution in [3.05, 3.63) is 35.9 Å². The van der Waals surface area contributed by atoms with Crippen LogP contribution in [0.4, 0.5) is 0 Å². The fourth-order valence-electron chi connectivity index (χ4n) is 3.18. The maximum Gasteiger partial charge on any atom is 0.248 e. The van der Waals surface area contributed by atoms with Crippen molar-refractivity contribution in [1.29, 1.82) is 0 Å². The number of rotatable bonds is 4. The molecule has 4 heteroatoms. The van der Waals surface area contributed by atoms with E-state index >= 15 is 0 Å². The van der Waals surface area contributed by atoms with E-state index in [0.717, 1.165) is 17.9 Å². The van der Waals surface area contributed by atoms with Crippen LogP contribution in [0.5, 0.6) is 0 Å². The zero-order chi connectivity index (χ0) is 14.8. The van der Waals surface area contributed by atoms with Gasteiger partial charge in [0, 0.05) is 6.54 Å². The van der Waals surface area contributed by atoms with Gasteiger partial charge >= 0.3 is 0 Å². The van der Waals surface area contributed by atoms with Gasteiger partial charge in [-0.05, 0) is 24.8 Å². The molecular formula is C17H22N2O2. The van der Waals surface area contributed by atoms with Crippen molar-refractivity contribution in [2.75, 3.05) is 6.54 Å². The number of nitrogens with one attached hydrogen (secondary N) is 1. The number of amides is 2. The first-order chi connectivity index (χ1) is 10.2. The van der Waals surface area contributed by atoms with Gasteiger partial charge in [-0.3, -0.25) is 9.59 Å². The van der Waals surface area contributed by atoms with E-state index in [1.54, 1.807) is 11.8 Å². The third-order valence-electron chi connectivity index (χ3n) is 4.69. The minimum atomic E-state index is -0.477. The van der Waals surface area contributed by atoms with Crippen molar-refractivity contribution < 1.29 is 9.59 Å². The van der Waals surface area contributed by atoms with Crippen molar-refractivity contribution in [3.63, 3.8) is 0 Å². The van der Waals surface area contributed by atoms with Gasteiger partial charge in [0.2, 0.25) is 11.8 Å². The minimum Gasteiger partial charge on any atom is -0.342 e. The Labute approximate surface area is 125 Å². The third kappa shape index (κ3) is 2.80. The molecule has 0 radical (unpaired) electrons. The number of hydrogen-bond donors (Lipinski definition) is 1. The van der Waals surface area contributed by atoms with E-state index in [-0.39, 0.29) is 11.8 Å². The number of nitrogens with zero attached hydrogens (tertiary/aromatic N) is 1. The van der Waals surface area contributed by atoms with E-state index in [1.807, 2.05) is 30.3 Å². The molecule has 21 heavy (non-hydrogen) atoms. The second kappa shape index (κ2) is 5.88. The van der Waals surface area contributed by atoms with Crippen molar-refractivity contribution in [1.82, 2.24) is 10.2 Å². The summed E-state index contributed by atoms with van der Waals surface area (Å²) >= 11 is 0. The fraction of sp³-hybridized carbons (Fsp3) is 0.529. The summed E-state index contributed by atoms with van der Waals surface area (Å²) in [5.41, 5.74) is 0.892. The molecule has 1 heterocycles. The van der Waals surface area contributed by atoms with Crippen molar-refractivity contribution >= 4 is 11.8 Å². The molecule has 2 aliphatic rings. The van der Waals surface area contributed by atoms with E-state index in [9.17, 15) is 9.59 Å². The number of piperazine rings is 1. The number of hydrogen-bond acceptors (Lipinski definition) is 2. The summed E-state index contributed by atoms with van der Waals surface area (Å²) in [5, 5.41) is 2.79. The average Bonchev–Trinajstić information content (AvgIpc) is 2.43. The highest BCUT2D eigenvalue weighted by atomic mass is 16.2. The maximum atomic E-state index is 12.5. The first-order valence-electron chi connectivity index (χ1n) is 7.82. The molecule has 2 fully saturated rings. The standard InChI is InChI=1S/C17H22N2O2/c1-12-17(21)19(11-10-13-6-5-7-13)15(16(20)18-12)14-8-3-2-4-9-14/h2-4,8-9,12-13,15H,5-7,10-11H2,1H3,(H,18,20). The van der Waals surface area contributed by atoms with Crippen LogP contribution in [-0.2, 0) is 9.59 Å². The summed E-state index contributed by atoms with van der Waals surface area (Å²) in [6.07, 6.45) is 4.84. The maximum absolute atomic E-state index is 12.5. The Kier molecular flexibility index (Phi) is 3.95. The molecule has 112 valence electrons. The average molecular weight is 286 g/mol. The SMILES string of the molecule is CC1NC(=O)C(c2ccccc2)N(CCC2CCC2)C1=O. The molecule has 2 unspecified atom stereocenters. The molecule has 1 aromatic rings. The summed E-state index contributed by atoms with van der Waals surface area (Å²) in [5.74, 6) is 0.694. The van der Waals surface area contributed by atoms with E-state index < -0.39 is 12.1 Å². The van der Waals surface area contributed by atoms with Crippen molar-refractivity contribution in [2.45, 2.75) is 44.7 Å². The molecule has 3 rings (SSSR count). The predicted molar refractivity (Wildman–Crippen MR) is 80.5 cm³/mol. The van der Waals surface area contributed by atoms with E-state index in [1.165, 1.54) is 19.3 Å². The van der Waals surface area contributed by atoms with Gasteiger partial charge in [-0.15, -0.1) is 0 Å². The topological polar surface area (TPSA) is 49.4 Å². The highest BCUT2D eigenvalue weighted by Gasteiger charge is 2.39. The lowest BCUT2D eigenvalue weighted by Crippen LogP contribution is -2.58. The summed E-state index contributed by atoms with van der Waals surface area (Å²) in [4.78, 5) is 26.6. The lowest BCUT2D eigenvalue weighted by molar-refractivity contribution is -0.149. The molecule has 0 spiro atoms. The van der Waals surface area contributed by atoms with Crippen LogP contribution in [0, 0.1) is 5.92 Å². The number of carbonyl (C=O) groups is 2. The van der Waals surface area contributed by atoms with Crippen LogP contribution < -0.4 is 5.32 Å². The van der Waals surface area contributed by atoms with Gasteiger partial charge in [0.25, 0.3) is 0 Å².